The van der Waals surface area contributed by atoms with E-state index >= 15 is 0 Å². The number of aromatic nitrogens is 1. The number of hydrogen-bond donors (Lipinski definition) is 2. The van der Waals surface area contributed by atoms with Gasteiger partial charge in [0, 0.05) is 11.4 Å². The van der Waals surface area contributed by atoms with Crippen molar-refractivity contribution in [3.8, 4) is 5.75 Å². The lowest BCUT2D eigenvalue weighted by Crippen LogP contribution is -2.06. The molecule has 0 atom stereocenters. The van der Waals surface area contributed by atoms with Gasteiger partial charge in [0.25, 0.3) is 0 Å². The minimum atomic E-state index is 0.240. The SMILES string of the molecule is CCc1cccc(C)c1NCc1nc(C)ccc1O. The van der Waals surface area contributed by atoms with E-state index < -0.39 is 0 Å². The number of hydrogen-bond acceptors (Lipinski definition) is 3. The summed E-state index contributed by atoms with van der Waals surface area (Å²) in [5.74, 6) is 0.240. The van der Waals surface area contributed by atoms with Crippen molar-refractivity contribution < 1.29 is 5.11 Å². The van der Waals surface area contributed by atoms with Gasteiger partial charge in [-0.2, -0.15) is 0 Å². The van der Waals surface area contributed by atoms with Crippen LogP contribution in [0.4, 0.5) is 5.69 Å². The Morgan fingerprint density at radius 2 is 1.95 bits per heavy atom. The summed E-state index contributed by atoms with van der Waals surface area (Å²) in [6, 6.07) is 9.79. The minimum Gasteiger partial charge on any atom is -0.506 e. The molecule has 0 radical (unpaired) electrons. The largest absolute Gasteiger partial charge is 0.506 e. The molecule has 2 aromatic rings. The average molecular weight is 256 g/mol. The zero-order valence-electron chi connectivity index (χ0n) is 11.7. The normalized spacial score (nSPS) is 10.5. The molecule has 3 nitrogen and oxygen atoms in total. The van der Waals surface area contributed by atoms with Crippen molar-refractivity contribution >= 4 is 5.69 Å². The van der Waals surface area contributed by atoms with Gasteiger partial charge in [0.15, 0.2) is 0 Å². The molecule has 0 bridgehead atoms. The van der Waals surface area contributed by atoms with Gasteiger partial charge in [0.2, 0.25) is 0 Å². The van der Waals surface area contributed by atoms with Crippen molar-refractivity contribution in [2.75, 3.05) is 5.32 Å². The maximum absolute atomic E-state index is 9.81. The van der Waals surface area contributed by atoms with Gasteiger partial charge in [-0.05, 0) is 43.5 Å². The molecule has 3 heteroatoms. The van der Waals surface area contributed by atoms with E-state index in [1.807, 2.05) is 13.0 Å². The number of benzene rings is 1. The monoisotopic (exact) mass is 256 g/mol. The Bertz CT molecular complexity index is 579. The molecular formula is C16H20N2O. The lowest BCUT2D eigenvalue weighted by Gasteiger charge is -2.14. The summed E-state index contributed by atoms with van der Waals surface area (Å²) in [7, 11) is 0. The standard InChI is InChI=1S/C16H20N2O/c1-4-13-7-5-6-11(2)16(13)17-10-14-15(19)9-8-12(3)18-14/h5-9,17,19H,4,10H2,1-3H3. The van der Waals surface area contributed by atoms with E-state index in [0.29, 0.717) is 12.2 Å². The Labute approximate surface area is 114 Å². The lowest BCUT2D eigenvalue weighted by atomic mass is 10.1. The predicted octanol–water partition coefficient (Wildman–Crippen LogP) is 3.58. The maximum Gasteiger partial charge on any atom is 0.138 e. The van der Waals surface area contributed by atoms with Gasteiger partial charge in [-0.15, -0.1) is 0 Å². The highest BCUT2D eigenvalue weighted by Crippen LogP contribution is 2.23. The zero-order valence-corrected chi connectivity index (χ0v) is 11.7. The molecule has 0 saturated heterocycles. The van der Waals surface area contributed by atoms with E-state index in [0.717, 1.165) is 17.8 Å². The second-order valence-electron chi connectivity index (χ2n) is 4.73. The molecule has 1 aromatic heterocycles. The highest BCUT2D eigenvalue weighted by atomic mass is 16.3. The molecule has 2 rings (SSSR count). The van der Waals surface area contributed by atoms with Crippen LogP contribution in [0.25, 0.3) is 0 Å². The van der Waals surface area contributed by atoms with Gasteiger partial charge in [-0.1, -0.05) is 25.1 Å². The maximum atomic E-state index is 9.81. The Hall–Kier alpha value is -2.03. The van der Waals surface area contributed by atoms with E-state index in [-0.39, 0.29) is 5.75 Å². The van der Waals surface area contributed by atoms with Crippen LogP contribution in [-0.2, 0) is 13.0 Å². The van der Waals surface area contributed by atoms with Crippen molar-refractivity contribution in [1.29, 1.82) is 0 Å². The van der Waals surface area contributed by atoms with E-state index in [1.54, 1.807) is 6.07 Å². The molecule has 19 heavy (non-hydrogen) atoms. The molecule has 0 unspecified atom stereocenters. The molecule has 0 spiro atoms. The minimum absolute atomic E-state index is 0.240. The van der Waals surface area contributed by atoms with Gasteiger partial charge in [-0.3, -0.25) is 4.98 Å². The topological polar surface area (TPSA) is 45.2 Å². The van der Waals surface area contributed by atoms with Crippen molar-refractivity contribution in [3.05, 3.63) is 52.8 Å². The fourth-order valence-electron chi connectivity index (χ4n) is 2.18. The van der Waals surface area contributed by atoms with Crippen molar-refractivity contribution in [2.24, 2.45) is 0 Å². The summed E-state index contributed by atoms with van der Waals surface area (Å²) in [5, 5.41) is 13.2. The number of pyridine rings is 1. The third-order valence-corrected chi connectivity index (χ3v) is 3.26. The first-order chi connectivity index (χ1) is 9.11. The second kappa shape index (κ2) is 5.74. The Morgan fingerprint density at radius 3 is 2.68 bits per heavy atom. The molecule has 0 aliphatic rings. The van der Waals surface area contributed by atoms with Crippen LogP contribution in [0, 0.1) is 13.8 Å². The summed E-state index contributed by atoms with van der Waals surface area (Å²) >= 11 is 0. The molecule has 2 N–H and O–H groups in total. The van der Waals surface area contributed by atoms with Crippen LogP contribution in [0.1, 0.15) is 29.4 Å². The van der Waals surface area contributed by atoms with Crippen LogP contribution in [-0.4, -0.2) is 10.1 Å². The van der Waals surface area contributed by atoms with Crippen molar-refractivity contribution in [3.63, 3.8) is 0 Å². The van der Waals surface area contributed by atoms with Gasteiger partial charge in [0.05, 0.1) is 6.54 Å². The predicted molar refractivity (Wildman–Crippen MR) is 78.5 cm³/mol. The third kappa shape index (κ3) is 3.05. The van der Waals surface area contributed by atoms with Crippen LogP contribution < -0.4 is 5.32 Å². The van der Waals surface area contributed by atoms with Crippen LogP contribution in [0.2, 0.25) is 0 Å². The fourth-order valence-corrected chi connectivity index (χ4v) is 2.18. The quantitative estimate of drug-likeness (QED) is 0.879. The number of aryl methyl sites for hydroxylation is 3. The molecule has 0 aliphatic heterocycles. The average Bonchev–Trinajstić information content (AvgIpc) is 2.40. The molecule has 0 fully saturated rings. The molecule has 1 aromatic carbocycles. The summed E-state index contributed by atoms with van der Waals surface area (Å²) in [5.41, 5.74) is 5.24. The number of aromatic hydroxyl groups is 1. The summed E-state index contributed by atoms with van der Waals surface area (Å²) in [6.07, 6.45) is 0.983. The molecule has 1 heterocycles. The zero-order chi connectivity index (χ0) is 13.8. The van der Waals surface area contributed by atoms with Crippen LogP contribution in [0.5, 0.6) is 5.75 Å². The highest BCUT2D eigenvalue weighted by molar-refractivity contribution is 5.57. The van der Waals surface area contributed by atoms with E-state index in [1.165, 1.54) is 11.1 Å². The Balaban J connectivity index is 2.21. The first-order valence-electron chi connectivity index (χ1n) is 6.59. The number of para-hydroxylation sites is 1. The van der Waals surface area contributed by atoms with E-state index in [2.05, 4.69) is 42.3 Å². The lowest BCUT2D eigenvalue weighted by molar-refractivity contribution is 0.464. The van der Waals surface area contributed by atoms with E-state index in [9.17, 15) is 5.11 Å². The van der Waals surface area contributed by atoms with Gasteiger partial charge in [-0.25, -0.2) is 0 Å². The third-order valence-electron chi connectivity index (χ3n) is 3.26. The highest BCUT2D eigenvalue weighted by Gasteiger charge is 2.07. The first kappa shape index (κ1) is 13.4. The number of nitrogens with one attached hydrogen (secondary N) is 1. The van der Waals surface area contributed by atoms with Crippen LogP contribution in [0.3, 0.4) is 0 Å². The van der Waals surface area contributed by atoms with Crippen LogP contribution in [0.15, 0.2) is 30.3 Å². The van der Waals surface area contributed by atoms with Crippen molar-refractivity contribution in [2.45, 2.75) is 33.7 Å². The molecule has 100 valence electrons. The molecule has 0 aliphatic carbocycles. The molecule has 0 saturated carbocycles. The molecule has 0 amide bonds. The Morgan fingerprint density at radius 1 is 1.16 bits per heavy atom. The van der Waals surface area contributed by atoms with Gasteiger partial charge in [0.1, 0.15) is 11.4 Å². The van der Waals surface area contributed by atoms with Gasteiger partial charge >= 0.3 is 0 Å². The fraction of sp³-hybridized carbons (Fsp3) is 0.312. The van der Waals surface area contributed by atoms with Gasteiger partial charge < -0.3 is 10.4 Å². The summed E-state index contributed by atoms with van der Waals surface area (Å²) in [6.45, 7) is 6.69. The van der Waals surface area contributed by atoms with Crippen molar-refractivity contribution in [1.82, 2.24) is 4.98 Å². The first-order valence-corrected chi connectivity index (χ1v) is 6.59. The number of anilines is 1. The Kier molecular flexibility index (Phi) is 4.05. The summed E-state index contributed by atoms with van der Waals surface area (Å²) < 4.78 is 0. The summed E-state index contributed by atoms with van der Waals surface area (Å²) in [4.78, 5) is 4.36. The smallest absolute Gasteiger partial charge is 0.138 e. The van der Waals surface area contributed by atoms with E-state index in [4.69, 9.17) is 0 Å². The molecular weight excluding hydrogens is 236 g/mol. The number of rotatable bonds is 4. The second-order valence-corrected chi connectivity index (χ2v) is 4.73. The number of nitrogens with zero attached hydrogens (tertiary/aromatic N) is 1. The van der Waals surface area contributed by atoms with Crippen LogP contribution >= 0.6 is 0 Å².